The predicted molar refractivity (Wildman–Crippen MR) is 102 cm³/mol. The lowest BCUT2D eigenvalue weighted by atomic mass is 9.94. The van der Waals surface area contributed by atoms with Gasteiger partial charge in [-0.25, -0.2) is 0 Å². The fourth-order valence-electron chi connectivity index (χ4n) is 3.23. The average Bonchev–Trinajstić information content (AvgIpc) is 3.18. The van der Waals surface area contributed by atoms with Crippen molar-refractivity contribution in [2.45, 2.75) is 44.8 Å². The van der Waals surface area contributed by atoms with E-state index in [-0.39, 0.29) is 5.91 Å². The highest BCUT2D eigenvalue weighted by atomic mass is 32.1. The number of hydrogen-bond donors (Lipinski definition) is 1. The number of aliphatic hydroxyl groups excluding tert-OH is 1. The van der Waals surface area contributed by atoms with Crippen molar-refractivity contribution in [2.75, 3.05) is 6.54 Å². The summed E-state index contributed by atoms with van der Waals surface area (Å²) in [5.74, 6) is 0.0105. The van der Waals surface area contributed by atoms with Crippen LogP contribution in [0.5, 0.6) is 0 Å². The van der Waals surface area contributed by atoms with Gasteiger partial charge >= 0.3 is 0 Å². The zero-order chi connectivity index (χ0) is 17.5. The van der Waals surface area contributed by atoms with Gasteiger partial charge in [-0.2, -0.15) is 0 Å². The highest BCUT2D eigenvalue weighted by Crippen LogP contribution is 2.24. The van der Waals surface area contributed by atoms with Gasteiger partial charge in [0.25, 0.3) is 0 Å². The highest BCUT2D eigenvalue weighted by Gasteiger charge is 2.19. The summed E-state index contributed by atoms with van der Waals surface area (Å²) in [5, 5.41) is 12.5. The number of rotatable bonds is 6. The Kier molecular flexibility index (Phi) is 6.42. The van der Waals surface area contributed by atoms with E-state index in [9.17, 15) is 9.90 Å². The van der Waals surface area contributed by atoms with Crippen molar-refractivity contribution >= 4 is 17.2 Å². The largest absolute Gasteiger partial charge is 0.386 e. The number of carbonyl (C=O) groups is 1. The third-order valence-corrected chi connectivity index (χ3v) is 5.59. The van der Waals surface area contributed by atoms with Gasteiger partial charge in [0.15, 0.2) is 0 Å². The minimum atomic E-state index is -0.641. The zero-order valence-electron chi connectivity index (χ0n) is 14.4. The van der Waals surface area contributed by atoms with Crippen molar-refractivity contribution < 1.29 is 9.90 Å². The van der Waals surface area contributed by atoms with E-state index in [1.807, 2.05) is 53.9 Å². The molecule has 0 saturated heterocycles. The standard InChI is InChI=1S/C21H25NO2S/c23-19(20-12-7-13-25-20)16-22(15-18-10-5-2-6-11-18)21(24)14-17-8-3-1-4-9-17/h2,5-7,10-14,19,23H,1,3-4,8-9,15-16H2/t19-/m0/s1. The van der Waals surface area contributed by atoms with Crippen LogP contribution in [0.3, 0.4) is 0 Å². The maximum Gasteiger partial charge on any atom is 0.246 e. The molecule has 3 rings (SSSR count). The Balaban J connectivity index is 1.74. The van der Waals surface area contributed by atoms with Crippen molar-refractivity contribution in [2.24, 2.45) is 0 Å². The first-order chi connectivity index (χ1) is 12.2. The molecule has 1 fully saturated rings. The van der Waals surface area contributed by atoms with E-state index in [1.54, 1.807) is 4.90 Å². The van der Waals surface area contributed by atoms with Crippen LogP contribution >= 0.6 is 11.3 Å². The van der Waals surface area contributed by atoms with E-state index in [2.05, 4.69) is 0 Å². The van der Waals surface area contributed by atoms with Crippen LogP contribution in [0.2, 0.25) is 0 Å². The van der Waals surface area contributed by atoms with Crippen molar-refractivity contribution in [1.29, 1.82) is 0 Å². The summed E-state index contributed by atoms with van der Waals surface area (Å²) in [6, 6.07) is 13.8. The summed E-state index contributed by atoms with van der Waals surface area (Å²) in [7, 11) is 0. The molecule has 1 heterocycles. The molecule has 1 aromatic heterocycles. The Hall–Kier alpha value is -1.91. The Morgan fingerprint density at radius 3 is 2.56 bits per heavy atom. The third kappa shape index (κ3) is 5.28. The first kappa shape index (κ1) is 17.9. The first-order valence-electron chi connectivity index (χ1n) is 8.96. The third-order valence-electron chi connectivity index (χ3n) is 4.62. The number of hydrogen-bond acceptors (Lipinski definition) is 3. The molecule has 3 nitrogen and oxygen atoms in total. The van der Waals surface area contributed by atoms with Crippen molar-refractivity contribution in [1.82, 2.24) is 4.90 Å². The summed E-state index contributed by atoms with van der Waals surface area (Å²) in [5.41, 5.74) is 2.33. The highest BCUT2D eigenvalue weighted by molar-refractivity contribution is 7.10. The Bertz CT molecular complexity index is 686. The molecule has 1 aromatic carbocycles. The number of benzene rings is 1. The fourth-order valence-corrected chi connectivity index (χ4v) is 3.94. The van der Waals surface area contributed by atoms with Gasteiger partial charge in [-0.3, -0.25) is 4.79 Å². The fraction of sp³-hybridized carbons (Fsp3) is 0.381. The summed E-state index contributed by atoms with van der Waals surface area (Å²) in [4.78, 5) is 15.5. The molecule has 0 unspecified atom stereocenters. The lowest BCUT2D eigenvalue weighted by Crippen LogP contribution is -2.33. The van der Waals surface area contributed by atoms with Gasteiger partial charge in [-0.1, -0.05) is 48.4 Å². The maximum atomic E-state index is 12.9. The Morgan fingerprint density at radius 1 is 1.12 bits per heavy atom. The summed E-state index contributed by atoms with van der Waals surface area (Å²) >= 11 is 1.52. The van der Waals surface area contributed by atoms with Gasteiger partial charge in [0.1, 0.15) is 6.10 Å². The molecule has 1 aliphatic carbocycles. The van der Waals surface area contributed by atoms with Crippen LogP contribution in [-0.2, 0) is 11.3 Å². The van der Waals surface area contributed by atoms with E-state index in [0.717, 1.165) is 23.3 Å². The number of aliphatic hydroxyl groups is 1. The first-order valence-corrected chi connectivity index (χ1v) is 9.84. The topological polar surface area (TPSA) is 40.5 Å². The second-order valence-corrected chi connectivity index (χ2v) is 7.58. The van der Waals surface area contributed by atoms with Gasteiger partial charge in [0, 0.05) is 17.5 Å². The molecule has 1 aliphatic rings. The minimum absolute atomic E-state index is 0.0105. The Morgan fingerprint density at radius 2 is 1.88 bits per heavy atom. The van der Waals surface area contributed by atoms with Crippen molar-refractivity contribution in [3.05, 3.63) is 69.9 Å². The lowest BCUT2D eigenvalue weighted by Gasteiger charge is -2.25. The van der Waals surface area contributed by atoms with Crippen LogP contribution in [-0.4, -0.2) is 22.5 Å². The monoisotopic (exact) mass is 355 g/mol. The lowest BCUT2D eigenvalue weighted by molar-refractivity contribution is -0.128. The van der Waals surface area contributed by atoms with Crippen LogP contribution in [0.4, 0.5) is 0 Å². The maximum absolute atomic E-state index is 12.9. The second-order valence-electron chi connectivity index (χ2n) is 6.60. The summed E-state index contributed by atoms with van der Waals surface area (Å²) in [6.07, 6.45) is 6.83. The normalized spacial score (nSPS) is 15.6. The molecule has 25 heavy (non-hydrogen) atoms. The van der Waals surface area contributed by atoms with E-state index >= 15 is 0 Å². The number of carbonyl (C=O) groups excluding carboxylic acids is 1. The average molecular weight is 356 g/mol. The van der Waals surface area contributed by atoms with E-state index in [0.29, 0.717) is 13.1 Å². The van der Waals surface area contributed by atoms with Crippen LogP contribution in [0.15, 0.2) is 59.5 Å². The molecule has 1 amide bonds. The molecule has 1 saturated carbocycles. The van der Waals surface area contributed by atoms with Gasteiger partial charge < -0.3 is 10.0 Å². The van der Waals surface area contributed by atoms with Gasteiger partial charge in [0.05, 0.1) is 6.54 Å². The summed E-state index contributed by atoms with van der Waals surface area (Å²) < 4.78 is 0. The molecule has 1 atom stereocenters. The van der Waals surface area contributed by atoms with Crippen LogP contribution in [0.1, 0.15) is 48.6 Å². The van der Waals surface area contributed by atoms with E-state index < -0.39 is 6.10 Å². The van der Waals surface area contributed by atoms with Crippen molar-refractivity contribution in [3.8, 4) is 0 Å². The van der Waals surface area contributed by atoms with Crippen LogP contribution in [0, 0.1) is 0 Å². The molecule has 1 N–H and O–H groups in total. The van der Waals surface area contributed by atoms with Crippen LogP contribution in [0.25, 0.3) is 0 Å². The van der Waals surface area contributed by atoms with Crippen molar-refractivity contribution in [3.63, 3.8) is 0 Å². The molecule has 132 valence electrons. The molecular weight excluding hydrogens is 330 g/mol. The second kappa shape index (κ2) is 8.97. The molecular formula is C21H25NO2S. The number of nitrogens with zero attached hydrogens (tertiary/aromatic N) is 1. The minimum Gasteiger partial charge on any atom is -0.386 e. The molecule has 0 bridgehead atoms. The smallest absolute Gasteiger partial charge is 0.246 e. The molecule has 0 aliphatic heterocycles. The predicted octanol–water partition coefficient (Wildman–Crippen LogP) is 4.70. The molecule has 0 radical (unpaired) electrons. The van der Waals surface area contributed by atoms with E-state index in [1.165, 1.54) is 36.2 Å². The SMILES string of the molecule is O=C(C=C1CCCCC1)N(Cc1ccccc1)C[C@H](O)c1cccs1. The zero-order valence-corrected chi connectivity index (χ0v) is 15.3. The molecule has 4 heteroatoms. The quantitative estimate of drug-likeness (QED) is 0.763. The van der Waals surface area contributed by atoms with Crippen LogP contribution < -0.4 is 0 Å². The number of thiophene rings is 1. The molecule has 2 aromatic rings. The van der Waals surface area contributed by atoms with Gasteiger partial charge in [-0.05, 0) is 42.7 Å². The Labute approximate surface area is 153 Å². The van der Waals surface area contributed by atoms with Gasteiger partial charge in [0.2, 0.25) is 5.91 Å². The van der Waals surface area contributed by atoms with E-state index in [4.69, 9.17) is 0 Å². The number of allylic oxidation sites excluding steroid dienone is 1. The number of amides is 1. The molecule has 0 spiro atoms. The van der Waals surface area contributed by atoms with Gasteiger partial charge in [-0.15, -0.1) is 11.3 Å². The summed E-state index contributed by atoms with van der Waals surface area (Å²) in [6.45, 7) is 0.837.